The van der Waals surface area contributed by atoms with Gasteiger partial charge in [-0.1, -0.05) is 12.1 Å². The Morgan fingerprint density at radius 2 is 1.83 bits per heavy atom. The van der Waals surface area contributed by atoms with Crippen molar-refractivity contribution < 1.29 is 13.6 Å². The van der Waals surface area contributed by atoms with Crippen molar-refractivity contribution in [1.82, 2.24) is 20.2 Å². The Hall–Kier alpha value is -5.34. The molecule has 9 nitrogen and oxygen atoms in total. The van der Waals surface area contributed by atoms with E-state index in [1.54, 1.807) is 16.8 Å². The number of nitrogens with zero attached hydrogens (tertiary/aromatic N) is 3. The summed E-state index contributed by atoms with van der Waals surface area (Å²) in [7, 11) is 0. The van der Waals surface area contributed by atoms with E-state index in [2.05, 4.69) is 27.0 Å². The molecule has 1 saturated carbocycles. The lowest BCUT2D eigenvalue weighted by molar-refractivity contribution is 0.102. The molecule has 2 aliphatic rings. The highest BCUT2D eigenvalue weighted by atomic mass is 19.1. The molecule has 0 radical (unpaired) electrons. The first kappa shape index (κ1) is 31.6. The number of aromatic nitrogens is 2. The van der Waals surface area contributed by atoms with Crippen molar-refractivity contribution in [2.75, 3.05) is 24.1 Å². The normalized spacial score (nSPS) is 15.5. The van der Waals surface area contributed by atoms with Crippen LogP contribution in [-0.2, 0) is 0 Å². The van der Waals surface area contributed by atoms with Gasteiger partial charge in [-0.25, -0.2) is 13.8 Å². The summed E-state index contributed by atoms with van der Waals surface area (Å²) >= 11 is 0. The van der Waals surface area contributed by atoms with E-state index in [-0.39, 0.29) is 39.9 Å². The molecule has 4 aromatic rings. The number of carbonyl (C=O) groups is 1. The van der Waals surface area contributed by atoms with Crippen molar-refractivity contribution in [3.05, 3.63) is 106 Å². The van der Waals surface area contributed by atoms with Crippen molar-refractivity contribution in [2.45, 2.75) is 51.1 Å². The van der Waals surface area contributed by atoms with E-state index in [1.165, 1.54) is 42.6 Å². The molecular formula is C36H35F2N7O2. The summed E-state index contributed by atoms with van der Waals surface area (Å²) in [6, 6.07) is 13.6. The molecule has 2 aromatic heterocycles. The third kappa shape index (κ3) is 6.64. The van der Waals surface area contributed by atoms with Gasteiger partial charge < -0.3 is 26.3 Å². The summed E-state index contributed by atoms with van der Waals surface area (Å²) in [5.74, 6) is -1.73. The van der Waals surface area contributed by atoms with E-state index in [9.17, 15) is 19.2 Å². The molecule has 0 unspecified atom stereocenters. The molecule has 0 atom stereocenters. The number of nitrogens with two attached hydrogens (primary N) is 1. The van der Waals surface area contributed by atoms with Crippen LogP contribution in [0, 0.1) is 23.0 Å². The highest BCUT2D eigenvalue weighted by Crippen LogP contribution is 2.35. The highest BCUT2D eigenvalue weighted by Gasteiger charge is 2.28. The van der Waals surface area contributed by atoms with E-state index in [0.717, 1.165) is 62.4 Å². The smallest absolute Gasteiger partial charge is 0.261 e. The largest absolute Gasteiger partial charge is 0.388 e. The molecule has 0 spiro atoms. The molecule has 0 bridgehead atoms. The lowest BCUT2D eigenvalue weighted by Crippen LogP contribution is -2.37. The molecule has 240 valence electrons. The van der Waals surface area contributed by atoms with Crippen molar-refractivity contribution in [1.29, 1.82) is 5.26 Å². The van der Waals surface area contributed by atoms with Crippen LogP contribution < -0.4 is 27.1 Å². The predicted octanol–water partition coefficient (Wildman–Crippen LogP) is 5.99. The number of nitrogens with one attached hydrogen (secondary N) is 3. The van der Waals surface area contributed by atoms with Gasteiger partial charge in [-0.2, -0.15) is 5.26 Å². The highest BCUT2D eigenvalue weighted by molar-refractivity contribution is 6.05. The fourth-order valence-electron chi connectivity index (χ4n) is 5.98. The second-order valence-corrected chi connectivity index (χ2v) is 12.0. The number of nitrogen functional groups attached to an aromatic ring is 1. The van der Waals surface area contributed by atoms with Crippen LogP contribution in [0.4, 0.5) is 20.3 Å². The van der Waals surface area contributed by atoms with Crippen LogP contribution >= 0.6 is 0 Å². The van der Waals surface area contributed by atoms with Crippen molar-refractivity contribution in [2.24, 2.45) is 0 Å². The maximum atomic E-state index is 15.6. The summed E-state index contributed by atoms with van der Waals surface area (Å²) in [6.45, 7) is 3.89. The Labute approximate surface area is 271 Å². The molecule has 6 rings (SSSR count). The van der Waals surface area contributed by atoms with Crippen LogP contribution in [0.3, 0.4) is 0 Å². The van der Waals surface area contributed by atoms with Gasteiger partial charge in [0.25, 0.3) is 5.91 Å². The first-order valence-corrected chi connectivity index (χ1v) is 15.7. The lowest BCUT2D eigenvalue weighted by Gasteiger charge is -2.30. The van der Waals surface area contributed by atoms with Crippen LogP contribution in [0.15, 0.2) is 71.9 Å². The summed E-state index contributed by atoms with van der Waals surface area (Å²) in [5, 5.41) is 19.5. The van der Waals surface area contributed by atoms with E-state index in [0.29, 0.717) is 17.2 Å². The third-order valence-corrected chi connectivity index (χ3v) is 8.95. The number of nitriles is 1. The Bertz CT molecular complexity index is 1950. The standard InChI is InChI=1S/C36H35F2N7O2/c1-21(18-42-25-11-13-41-14-12-25)23-15-29(35(40)43-19-23)28-10-9-26(16-31(28)38)44-36(47)30-20-45(27-3-2-4-27)32(17-39)33(34(30)46)22-5-7-24(37)8-6-22/h5-10,15-16,18-20,25,27,41-42H,2-4,11-14H2,1H3,(H2,40,43)(H,44,47)/b21-18+. The van der Waals surface area contributed by atoms with Gasteiger partial charge in [-0.15, -0.1) is 0 Å². The minimum absolute atomic E-state index is 0.0201. The quantitative estimate of drug-likeness (QED) is 0.187. The number of anilines is 2. The number of rotatable bonds is 8. The monoisotopic (exact) mass is 635 g/mol. The van der Waals surface area contributed by atoms with Gasteiger partial charge in [0.1, 0.15) is 34.8 Å². The zero-order valence-corrected chi connectivity index (χ0v) is 25.9. The second kappa shape index (κ2) is 13.6. The van der Waals surface area contributed by atoms with Crippen LogP contribution in [0.5, 0.6) is 0 Å². The molecule has 11 heteroatoms. The van der Waals surface area contributed by atoms with Crippen LogP contribution in [-0.4, -0.2) is 34.6 Å². The lowest BCUT2D eigenvalue weighted by atomic mass is 9.91. The summed E-state index contributed by atoms with van der Waals surface area (Å²) in [4.78, 5) is 31.5. The fourth-order valence-corrected chi connectivity index (χ4v) is 5.98. The van der Waals surface area contributed by atoms with E-state index in [1.807, 2.05) is 13.1 Å². The molecule has 47 heavy (non-hydrogen) atoms. The molecule has 2 aromatic carbocycles. The van der Waals surface area contributed by atoms with Gasteiger partial charge in [0.15, 0.2) is 0 Å². The Morgan fingerprint density at radius 1 is 1.09 bits per heavy atom. The summed E-state index contributed by atoms with van der Waals surface area (Å²) in [6.07, 6.45) is 9.58. The predicted molar refractivity (Wildman–Crippen MR) is 178 cm³/mol. The number of amides is 1. The van der Waals surface area contributed by atoms with Gasteiger partial charge in [0.2, 0.25) is 5.43 Å². The van der Waals surface area contributed by atoms with E-state index >= 15 is 4.39 Å². The minimum Gasteiger partial charge on any atom is -0.388 e. The Balaban J connectivity index is 1.28. The molecular weight excluding hydrogens is 600 g/mol. The number of hydrogen-bond acceptors (Lipinski definition) is 7. The van der Waals surface area contributed by atoms with Gasteiger partial charge in [0, 0.05) is 47.5 Å². The Kier molecular flexibility index (Phi) is 9.13. The van der Waals surface area contributed by atoms with Crippen molar-refractivity contribution in [3.8, 4) is 28.3 Å². The van der Waals surface area contributed by atoms with Gasteiger partial charge in [-0.3, -0.25) is 9.59 Å². The molecule has 1 saturated heterocycles. The van der Waals surface area contributed by atoms with Crippen molar-refractivity contribution in [3.63, 3.8) is 0 Å². The molecule has 1 amide bonds. The van der Waals surface area contributed by atoms with Gasteiger partial charge in [0.05, 0.1) is 5.56 Å². The SMILES string of the molecule is C/C(=C\NC1CCNCC1)c1cnc(N)c(-c2ccc(NC(=O)c3cn(C4CCC4)c(C#N)c(-c4ccc(F)cc4)c3=O)cc2F)c1. The number of carbonyl (C=O) groups excluding carboxylic acids is 1. The number of piperidine rings is 1. The average molecular weight is 636 g/mol. The van der Waals surface area contributed by atoms with Crippen LogP contribution in [0.1, 0.15) is 66.7 Å². The van der Waals surface area contributed by atoms with E-state index < -0.39 is 23.0 Å². The summed E-state index contributed by atoms with van der Waals surface area (Å²) in [5.41, 5.74) is 8.20. The first-order valence-electron chi connectivity index (χ1n) is 15.7. The fraction of sp³-hybridized carbons (Fsp3) is 0.278. The van der Waals surface area contributed by atoms with Gasteiger partial charge in [-0.05, 0) is 105 Å². The minimum atomic E-state index is -0.756. The average Bonchev–Trinajstić information content (AvgIpc) is 3.04. The number of hydrogen-bond donors (Lipinski definition) is 4. The molecule has 3 heterocycles. The number of allylic oxidation sites excluding steroid dienone is 1. The third-order valence-electron chi connectivity index (χ3n) is 8.95. The van der Waals surface area contributed by atoms with Crippen molar-refractivity contribution >= 4 is 23.0 Å². The second-order valence-electron chi connectivity index (χ2n) is 12.0. The molecule has 1 aliphatic heterocycles. The molecule has 5 N–H and O–H groups in total. The molecule has 2 fully saturated rings. The van der Waals surface area contributed by atoms with Crippen LogP contribution in [0.2, 0.25) is 0 Å². The zero-order chi connectivity index (χ0) is 33.1. The summed E-state index contributed by atoms with van der Waals surface area (Å²) < 4.78 is 31.0. The maximum Gasteiger partial charge on any atom is 0.261 e. The number of pyridine rings is 2. The topological polar surface area (TPSA) is 138 Å². The number of halogens is 2. The van der Waals surface area contributed by atoms with E-state index in [4.69, 9.17) is 5.73 Å². The maximum absolute atomic E-state index is 15.6. The zero-order valence-electron chi connectivity index (χ0n) is 25.9. The van der Waals surface area contributed by atoms with Crippen LogP contribution in [0.25, 0.3) is 27.8 Å². The Morgan fingerprint density at radius 3 is 2.49 bits per heavy atom. The molecule has 1 aliphatic carbocycles. The first-order chi connectivity index (χ1) is 22.7. The van der Waals surface area contributed by atoms with Gasteiger partial charge >= 0.3 is 0 Å². The number of benzene rings is 2.